The highest BCUT2D eigenvalue weighted by molar-refractivity contribution is 5.80. The topological polar surface area (TPSA) is 63.3 Å². The summed E-state index contributed by atoms with van der Waals surface area (Å²) in [5.41, 5.74) is 4.90. The maximum Gasteiger partial charge on any atom is 0.159 e. The third-order valence-corrected chi connectivity index (χ3v) is 0.693. The highest BCUT2D eigenvalue weighted by atomic mass is 16.3. The third kappa shape index (κ3) is 3.77. The van der Waals surface area contributed by atoms with Crippen molar-refractivity contribution in [3.63, 3.8) is 0 Å². The minimum absolute atomic E-state index is 0. The van der Waals surface area contributed by atoms with E-state index in [2.05, 4.69) is 0 Å². The molecular weight excluding hydrogens is 106 g/mol. The molecule has 0 rings (SSSR count). The zero-order valence-electron chi connectivity index (χ0n) is 4.22. The standard InChI is InChI=1S/C4H9NO2.CH4/c1-3(6)4(7)2-5;/h4,7H,2,5H2,1H3;1H4. The Morgan fingerprint density at radius 1 is 1.88 bits per heavy atom. The van der Waals surface area contributed by atoms with Crippen molar-refractivity contribution in [2.75, 3.05) is 6.54 Å². The number of aliphatic hydroxyl groups is 1. The molecule has 3 nitrogen and oxygen atoms in total. The van der Waals surface area contributed by atoms with Gasteiger partial charge >= 0.3 is 0 Å². The number of ketones is 1. The van der Waals surface area contributed by atoms with Gasteiger partial charge in [0.2, 0.25) is 0 Å². The van der Waals surface area contributed by atoms with Crippen molar-refractivity contribution in [2.24, 2.45) is 5.73 Å². The quantitative estimate of drug-likeness (QED) is 0.516. The fourth-order valence-corrected chi connectivity index (χ4v) is 0.166. The van der Waals surface area contributed by atoms with E-state index >= 15 is 0 Å². The fraction of sp³-hybridized carbons (Fsp3) is 0.800. The van der Waals surface area contributed by atoms with Gasteiger partial charge in [-0.15, -0.1) is 0 Å². The third-order valence-electron chi connectivity index (χ3n) is 0.693. The van der Waals surface area contributed by atoms with E-state index in [4.69, 9.17) is 10.8 Å². The normalized spacial score (nSPS) is 11.9. The van der Waals surface area contributed by atoms with Crippen LogP contribution < -0.4 is 5.73 Å². The lowest BCUT2D eigenvalue weighted by Gasteiger charge is -1.97. The summed E-state index contributed by atoms with van der Waals surface area (Å²) in [6.45, 7) is 1.33. The van der Waals surface area contributed by atoms with Crippen LogP contribution in [0.25, 0.3) is 0 Å². The molecule has 0 fully saturated rings. The number of aliphatic hydroxyl groups excluding tert-OH is 1. The van der Waals surface area contributed by atoms with Gasteiger partial charge < -0.3 is 10.8 Å². The Kier molecular flexibility index (Phi) is 6.25. The molecule has 1 atom stereocenters. The van der Waals surface area contributed by atoms with Crippen molar-refractivity contribution in [2.45, 2.75) is 20.5 Å². The Balaban J connectivity index is 0. The summed E-state index contributed by atoms with van der Waals surface area (Å²) in [6, 6.07) is 0. The second-order valence-corrected chi connectivity index (χ2v) is 1.36. The molecular formula is C5H13NO2. The Bertz CT molecular complexity index is 72.8. The Labute approximate surface area is 49.5 Å². The van der Waals surface area contributed by atoms with Crippen molar-refractivity contribution in [1.82, 2.24) is 0 Å². The zero-order valence-corrected chi connectivity index (χ0v) is 4.22. The van der Waals surface area contributed by atoms with Crippen molar-refractivity contribution in [3.05, 3.63) is 0 Å². The van der Waals surface area contributed by atoms with Crippen LogP contribution in [0.15, 0.2) is 0 Å². The van der Waals surface area contributed by atoms with Gasteiger partial charge in [0.1, 0.15) is 6.10 Å². The lowest BCUT2D eigenvalue weighted by molar-refractivity contribution is -0.124. The predicted molar refractivity (Wildman–Crippen MR) is 32.5 cm³/mol. The predicted octanol–water partition coefficient (Wildman–Crippen LogP) is -0.469. The molecule has 0 heterocycles. The zero-order chi connectivity index (χ0) is 5.86. The van der Waals surface area contributed by atoms with Crippen molar-refractivity contribution in [1.29, 1.82) is 0 Å². The van der Waals surface area contributed by atoms with Crippen LogP contribution in [0.2, 0.25) is 0 Å². The minimum atomic E-state index is -0.958. The summed E-state index contributed by atoms with van der Waals surface area (Å²) in [6.07, 6.45) is -0.958. The molecule has 3 N–H and O–H groups in total. The number of hydrogen-bond acceptors (Lipinski definition) is 3. The van der Waals surface area contributed by atoms with Crippen LogP contribution in [0.4, 0.5) is 0 Å². The number of carbonyl (C=O) groups excluding carboxylic acids is 1. The van der Waals surface area contributed by atoms with Gasteiger partial charge in [-0.1, -0.05) is 7.43 Å². The summed E-state index contributed by atoms with van der Waals surface area (Å²) in [4.78, 5) is 10.0. The second kappa shape index (κ2) is 4.74. The monoisotopic (exact) mass is 119 g/mol. The van der Waals surface area contributed by atoms with Gasteiger partial charge in [-0.3, -0.25) is 4.79 Å². The number of rotatable bonds is 2. The van der Waals surface area contributed by atoms with Gasteiger partial charge in [0.25, 0.3) is 0 Å². The lowest BCUT2D eigenvalue weighted by Crippen LogP contribution is -2.26. The molecule has 8 heavy (non-hydrogen) atoms. The van der Waals surface area contributed by atoms with Crippen LogP contribution in [0.1, 0.15) is 14.4 Å². The minimum Gasteiger partial charge on any atom is -0.384 e. The van der Waals surface area contributed by atoms with Crippen molar-refractivity contribution < 1.29 is 9.90 Å². The van der Waals surface area contributed by atoms with Crippen LogP contribution in [-0.2, 0) is 4.79 Å². The van der Waals surface area contributed by atoms with Crippen LogP contribution in [0.3, 0.4) is 0 Å². The van der Waals surface area contributed by atoms with E-state index in [1.54, 1.807) is 0 Å². The summed E-state index contributed by atoms with van der Waals surface area (Å²) in [5, 5.41) is 8.46. The molecule has 0 aromatic heterocycles. The molecule has 0 saturated carbocycles. The summed E-state index contributed by atoms with van der Waals surface area (Å²) in [5.74, 6) is -0.275. The fourth-order valence-electron chi connectivity index (χ4n) is 0.166. The highest BCUT2D eigenvalue weighted by Crippen LogP contribution is 1.77. The van der Waals surface area contributed by atoms with E-state index in [9.17, 15) is 4.79 Å². The van der Waals surface area contributed by atoms with Crippen LogP contribution >= 0.6 is 0 Å². The van der Waals surface area contributed by atoms with E-state index in [1.807, 2.05) is 0 Å². The highest BCUT2D eigenvalue weighted by Gasteiger charge is 2.03. The largest absolute Gasteiger partial charge is 0.384 e. The Morgan fingerprint density at radius 2 is 2.25 bits per heavy atom. The van der Waals surface area contributed by atoms with E-state index in [-0.39, 0.29) is 19.8 Å². The maximum absolute atomic E-state index is 10.0. The van der Waals surface area contributed by atoms with Gasteiger partial charge in [-0.05, 0) is 6.92 Å². The van der Waals surface area contributed by atoms with Gasteiger partial charge in [-0.2, -0.15) is 0 Å². The average Bonchev–Trinajstić information content (AvgIpc) is 1.65. The van der Waals surface area contributed by atoms with Gasteiger partial charge in [0.15, 0.2) is 5.78 Å². The molecule has 0 saturated heterocycles. The average molecular weight is 119 g/mol. The van der Waals surface area contributed by atoms with E-state index in [1.165, 1.54) is 6.92 Å². The van der Waals surface area contributed by atoms with E-state index in [0.29, 0.717) is 0 Å². The first kappa shape index (κ1) is 10.5. The van der Waals surface area contributed by atoms with E-state index in [0.717, 1.165) is 0 Å². The Hall–Kier alpha value is -0.410. The lowest BCUT2D eigenvalue weighted by atomic mass is 10.3. The van der Waals surface area contributed by atoms with E-state index < -0.39 is 6.10 Å². The summed E-state index contributed by atoms with van der Waals surface area (Å²) < 4.78 is 0. The molecule has 0 radical (unpaired) electrons. The molecule has 0 aliphatic heterocycles. The first-order valence-corrected chi connectivity index (χ1v) is 2.07. The van der Waals surface area contributed by atoms with Crippen LogP contribution in [-0.4, -0.2) is 23.5 Å². The van der Waals surface area contributed by atoms with Gasteiger partial charge in [0, 0.05) is 6.54 Å². The molecule has 0 spiro atoms. The molecule has 3 heteroatoms. The smallest absolute Gasteiger partial charge is 0.159 e. The molecule has 0 aromatic carbocycles. The summed E-state index contributed by atoms with van der Waals surface area (Å²) in [7, 11) is 0. The molecule has 0 bridgehead atoms. The van der Waals surface area contributed by atoms with Crippen LogP contribution in [0, 0.1) is 0 Å². The van der Waals surface area contributed by atoms with Crippen molar-refractivity contribution >= 4 is 5.78 Å². The molecule has 50 valence electrons. The number of Topliss-reactive ketones (excluding diaryl/α,β-unsaturated/α-hetero) is 1. The van der Waals surface area contributed by atoms with Crippen molar-refractivity contribution in [3.8, 4) is 0 Å². The number of hydrogen-bond donors (Lipinski definition) is 2. The number of carbonyl (C=O) groups is 1. The van der Waals surface area contributed by atoms with Crippen LogP contribution in [0.5, 0.6) is 0 Å². The molecule has 0 aliphatic rings. The maximum atomic E-state index is 10.0. The molecule has 0 aliphatic carbocycles. The van der Waals surface area contributed by atoms with Gasteiger partial charge in [-0.25, -0.2) is 0 Å². The first-order valence-electron chi connectivity index (χ1n) is 2.07. The SMILES string of the molecule is C.CC(=O)C(O)CN. The molecule has 0 amide bonds. The van der Waals surface area contributed by atoms with Gasteiger partial charge in [0.05, 0.1) is 0 Å². The summed E-state index contributed by atoms with van der Waals surface area (Å²) >= 11 is 0. The molecule has 0 aromatic rings. The second-order valence-electron chi connectivity index (χ2n) is 1.36. The number of nitrogens with two attached hydrogens (primary N) is 1. The Morgan fingerprint density at radius 3 is 2.25 bits per heavy atom. The first-order chi connectivity index (χ1) is 3.18. The molecule has 1 unspecified atom stereocenters.